The average molecular weight is 294 g/mol. The monoisotopic (exact) mass is 294 g/mol. The topological polar surface area (TPSA) is 43.4 Å². The second-order valence-corrected chi connectivity index (χ2v) is 6.73. The van der Waals surface area contributed by atoms with E-state index in [1.54, 1.807) is 6.92 Å². The molecule has 1 aromatic rings. The molecule has 0 aliphatic heterocycles. The lowest BCUT2D eigenvalue weighted by molar-refractivity contribution is -0.145. The van der Waals surface area contributed by atoms with Crippen LogP contribution in [-0.4, -0.2) is 23.1 Å². The van der Waals surface area contributed by atoms with Gasteiger partial charge in [0.05, 0.1) is 6.61 Å². The van der Waals surface area contributed by atoms with Gasteiger partial charge in [0.25, 0.3) is 0 Å². The first kappa shape index (κ1) is 16.8. The quantitative estimate of drug-likeness (QED) is 0.431. The molecule has 1 rings (SSSR count). The maximum absolute atomic E-state index is 11.8. The molecule has 0 radical (unpaired) electrons. The van der Waals surface area contributed by atoms with E-state index in [-0.39, 0.29) is 11.8 Å². The molecule has 20 heavy (non-hydrogen) atoms. The first-order valence-electron chi connectivity index (χ1n) is 6.90. The van der Waals surface area contributed by atoms with Crippen LogP contribution in [0.2, 0.25) is 0 Å². The molecular formula is C16H22O3S. The summed E-state index contributed by atoms with van der Waals surface area (Å²) in [6.07, 6.45) is 1.42. The average Bonchev–Trinajstić information content (AvgIpc) is 2.39. The first-order valence-corrected chi connectivity index (χ1v) is 7.71. The van der Waals surface area contributed by atoms with E-state index in [0.29, 0.717) is 13.0 Å². The molecule has 0 heterocycles. The van der Waals surface area contributed by atoms with Crippen LogP contribution in [0.25, 0.3) is 0 Å². The van der Waals surface area contributed by atoms with Gasteiger partial charge >= 0.3 is 5.97 Å². The molecule has 1 aromatic carbocycles. The van der Waals surface area contributed by atoms with Gasteiger partial charge in [-0.3, -0.25) is 9.59 Å². The molecule has 110 valence electrons. The van der Waals surface area contributed by atoms with E-state index in [1.165, 1.54) is 11.8 Å². The molecule has 0 aliphatic rings. The van der Waals surface area contributed by atoms with Gasteiger partial charge in [0.2, 0.25) is 0 Å². The van der Waals surface area contributed by atoms with E-state index in [0.717, 1.165) is 16.9 Å². The van der Waals surface area contributed by atoms with Gasteiger partial charge in [-0.25, -0.2) is 0 Å². The third-order valence-corrected chi connectivity index (χ3v) is 3.98. The Hall–Kier alpha value is -1.29. The second-order valence-electron chi connectivity index (χ2n) is 5.03. The molecule has 0 atom stereocenters. The van der Waals surface area contributed by atoms with E-state index in [2.05, 4.69) is 0 Å². The largest absolute Gasteiger partial charge is 0.465 e. The number of thioether (sulfide) groups is 1. The molecule has 0 N–H and O–H groups in total. The minimum Gasteiger partial charge on any atom is -0.465 e. The molecule has 0 saturated heterocycles. The molecule has 0 amide bonds. The van der Waals surface area contributed by atoms with Crippen molar-refractivity contribution in [2.75, 3.05) is 6.61 Å². The van der Waals surface area contributed by atoms with Crippen molar-refractivity contribution < 1.29 is 14.3 Å². The highest BCUT2D eigenvalue weighted by molar-refractivity contribution is 8.01. The van der Waals surface area contributed by atoms with Gasteiger partial charge in [-0.1, -0.05) is 19.1 Å². The van der Waals surface area contributed by atoms with Crippen LogP contribution < -0.4 is 0 Å². The van der Waals surface area contributed by atoms with E-state index in [1.807, 2.05) is 45.0 Å². The molecule has 0 unspecified atom stereocenters. The highest BCUT2D eigenvalue weighted by Crippen LogP contribution is 2.33. The SMILES string of the molecule is CCCC(=O)c1ccc(SC(C)(C)C(=O)OCC)cc1. The summed E-state index contributed by atoms with van der Waals surface area (Å²) in [5.74, 6) is -0.0650. The van der Waals surface area contributed by atoms with Gasteiger partial charge in [-0.2, -0.15) is 0 Å². The lowest BCUT2D eigenvalue weighted by atomic mass is 10.1. The van der Waals surface area contributed by atoms with Crippen molar-refractivity contribution in [2.45, 2.75) is 50.2 Å². The molecular weight excluding hydrogens is 272 g/mol. The molecule has 4 heteroatoms. The third-order valence-electron chi connectivity index (χ3n) is 2.79. The van der Waals surface area contributed by atoms with E-state index in [4.69, 9.17) is 4.74 Å². The molecule has 0 aromatic heterocycles. The predicted octanol–water partition coefficient (Wildman–Crippen LogP) is 4.10. The highest BCUT2D eigenvalue weighted by Gasteiger charge is 2.30. The zero-order valence-corrected chi connectivity index (χ0v) is 13.4. The van der Waals surface area contributed by atoms with Gasteiger partial charge in [0.1, 0.15) is 4.75 Å². The van der Waals surface area contributed by atoms with Crippen LogP contribution >= 0.6 is 11.8 Å². The minimum absolute atomic E-state index is 0.161. The summed E-state index contributed by atoms with van der Waals surface area (Å²) in [5, 5.41) is 0. The zero-order valence-electron chi connectivity index (χ0n) is 12.6. The van der Waals surface area contributed by atoms with Crippen LogP contribution in [-0.2, 0) is 9.53 Å². The number of carbonyl (C=O) groups is 2. The number of rotatable bonds is 7. The van der Waals surface area contributed by atoms with E-state index >= 15 is 0 Å². The van der Waals surface area contributed by atoms with Crippen molar-refractivity contribution in [1.29, 1.82) is 0 Å². The Labute approximate surface area is 125 Å². The van der Waals surface area contributed by atoms with Crippen LogP contribution in [0.3, 0.4) is 0 Å². The summed E-state index contributed by atoms with van der Waals surface area (Å²) in [7, 11) is 0. The van der Waals surface area contributed by atoms with Crippen molar-refractivity contribution in [3.63, 3.8) is 0 Å². The summed E-state index contributed by atoms with van der Waals surface area (Å²) < 4.78 is 4.42. The maximum atomic E-state index is 11.8. The van der Waals surface area contributed by atoms with Crippen molar-refractivity contribution in [1.82, 2.24) is 0 Å². The van der Waals surface area contributed by atoms with Gasteiger partial charge in [-0.15, -0.1) is 11.8 Å². The smallest absolute Gasteiger partial charge is 0.321 e. The summed E-state index contributed by atoms with van der Waals surface area (Å²) >= 11 is 1.44. The number of Topliss-reactive ketones (excluding diaryl/α,β-unsaturated/α-hetero) is 1. The van der Waals surface area contributed by atoms with Gasteiger partial charge in [0.15, 0.2) is 5.78 Å². The van der Waals surface area contributed by atoms with Gasteiger partial charge < -0.3 is 4.74 Å². The first-order chi connectivity index (χ1) is 9.40. The Morgan fingerprint density at radius 3 is 2.25 bits per heavy atom. The van der Waals surface area contributed by atoms with Crippen LogP contribution in [0.4, 0.5) is 0 Å². The van der Waals surface area contributed by atoms with E-state index < -0.39 is 4.75 Å². The Balaban J connectivity index is 2.74. The van der Waals surface area contributed by atoms with Crippen molar-refractivity contribution in [3.05, 3.63) is 29.8 Å². The predicted molar refractivity (Wildman–Crippen MR) is 82.2 cm³/mol. The Morgan fingerprint density at radius 1 is 1.15 bits per heavy atom. The van der Waals surface area contributed by atoms with Crippen LogP contribution in [0.5, 0.6) is 0 Å². The third kappa shape index (κ3) is 4.67. The number of esters is 1. The lowest BCUT2D eigenvalue weighted by Gasteiger charge is -2.21. The summed E-state index contributed by atoms with van der Waals surface area (Å²) in [6, 6.07) is 7.41. The molecule has 0 aliphatic carbocycles. The Bertz CT molecular complexity index is 463. The fourth-order valence-electron chi connectivity index (χ4n) is 1.72. The standard InChI is InChI=1S/C16H22O3S/c1-5-7-14(17)12-8-10-13(11-9-12)20-16(3,4)15(18)19-6-2/h8-11H,5-7H2,1-4H3. The number of benzene rings is 1. The Morgan fingerprint density at radius 2 is 1.75 bits per heavy atom. The van der Waals surface area contributed by atoms with Crippen molar-refractivity contribution >= 4 is 23.5 Å². The number of hydrogen-bond donors (Lipinski definition) is 0. The zero-order chi connectivity index (χ0) is 15.2. The number of carbonyl (C=O) groups excluding carboxylic acids is 2. The highest BCUT2D eigenvalue weighted by atomic mass is 32.2. The van der Waals surface area contributed by atoms with Crippen LogP contribution in [0, 0.1) is 0 Å². The molecule has 3 nitrogen and oxygen atoms in total. The fraction of sp³-hybridized carbons (Fsp3) is 0.500. The van der Waals surface area contributed by atoms with Crippen molar-refractivity contribution in [2.24, 2.45) is 0 Å². The second kappa shape index (κ2) is 7.48. The molecule has 0 saturated carbocycles. The number of ketones is 1. The van der Waals surface area contributed by atoms with Crippen molar-refractivity contribution in [3.8, 4) is 0 Å². The molecule has 0 fully saturated rings. The molecule has 0 bridgehead atoms. The summed E-state index contributed by atoms with van der Waals surface area (Å²) in [4.78, 5) is 24.5. The lowest BCUT2D eigenvalue weighted by Crippen LogP contribution is -2.29. The Kier molecular flexibility index (Phi) is 6.27. The minimum atomic E-state index is -0.634. The van der Waals surface area contributed by atoms with Crippen LogP contribution in [0.15, 0.2) is 29.2 Å². The van der Waals surface area contributed by atoms with Crippen LogP contribution in [0.1, 0.15) is 50.9 Å². The van der Waals surface area contributed by atoms with E-state index in [9.17, 15) is 9.59 Å². The summed E-state index contributed by atoms with van der Waals surface area (Å²) in [5.41, 5.74) is 0.727. The van der Waals surface area contributed by atoms with Gasteiger partial charge in [-0.05, 0) is 39.3 Å². The summed E-state index contributed by atoms with van der Waals surface area (Å²) in [6.45, 7) is 7.85. The molecule has 0 spiro atoms. The fourth-order valence-corrected chi connectivity index (χ4v) is 2.73. The maximum Gasteiger partial charge on any atom is 0.321 e. The normalized spacial score (nSPS) is 11.2. The number of ether oxygens (including phenoxy) is 1. The van der Waals surface area contributed by atoms with Gasteiger partial charge in [0, 0.05) is 16.9 Å². The number of hydrogen-bond acceptors (Lipinski definition) is 4.